The predicted octanol–water partition coefficient (Wildman–Crippen LogP) is 2.08. The molecule has 1 aliphatic rings. The van der Waals surface area contributed by atoms with Gasteiger partial charge in [0.15, 0.2) is 5.82 Å². The maximum atomic E-state index is 12.8. The van der Waals surface area contributed by atoms with Gasteiger partial charge in [-0.2, -0.15) is 0 Å². The Labute approximate surface area is 127 Å². The number of allylic oxidation sites excluding steroid dienone is 1. The zero-order valence-electron chi connectivity index (χ0n) is 12.3. The monoisotopic (exact) mass is 307 g/mol. The maximum Gasteiger partial charge on any atom is 0.329 e. The van der Waals surface area contributed by atoms with Gasteiger partial charge in [0.05, 0.1) is 12.4 Å². The molecule has 6 nitrogen and oxygen atoms in total. The molecular weight excluding hydrogens is 289 g/mol. The van der Waals surface area contributed by atoms with Gasteiger partial charge in [0.1, 0.15) is 5.54 Å². The number of nitrogens with one attached hydrogen (secondary N) is 1. The van der Waals surface area contributed by atoms with E-state index in [9.17, 15) is 19.1 Å². The highest BCUT2D eigenvalue weighted by atomic mass is 19.1. The molecule has 2 N–H and O–H groups in total. The first-order chi connectivity index (χ1) is 10.4. The van der Waals surface area contributed by atoms with E-state index in [0.717, 1.165) is 43.7 Å². The third kappa shape index (κ3) is 3.87. The minimum Gasteiger partial charge on any atom is -0.480 e. The van der Waals surface area contributed by atoms with E-state index >= 15 is 0 Å². The van der Waals surface area contributed by atoms with Crippen LogP contribution in [-0.2, 0) is 4.79 Å². The molecule has 0 radical (unpaired) electrons. The highest BCUT2D eigenvalue weighted by Crippen LogP contribution is 2.26. The summed E-state index contributed by atoms with van der Waals surface area (Å²) in [6.07, 6.45) is 7.89. The van der Waals surface area contributed by atoms with Crippen molar-refractivity contribution in [2.75, 3.05) is 0 Å². The summed E-state index contributed by atoms with van der Waals surface area (Å²) in [4.78, 5) is 30.8. The molecule has 1 heterocycles. The first-order valence-electron chi connectivity index (χ1n) is 7.12. The zero-order valence-corrected chi connectivity index (χ0v) is 12.3. The lowest BCUT2D eigenvalue weighted by atomic mass is 9.87. The molecule has 118 valence electrons. The lowest BCUT2D eigenvalue weighted by Gasteiger charge is -2.28. The predicted molar refractivity (Wildman–Crippen MR) is 76.7 cm³/mol. The van der Waals surface area contributed by atoms with Gasteiger partial charge < -0.3 is 10.4 Å². The van der Waals surface area contributed by atoms with Gasteiger partial charge in [-0.05, 0) is 32.6 Å². The van der Waals surface area contributed by atoms with Crippen LogP contribution in [0.25, 0.3) is 0 Å². The summed E-state index contributed by atoms with van der Waals surface area (Å²) in [7, 11) is 0. The van der Waals surface area contributed by atoms with Gasteiger partial charge >= 0.3 is 5.97 Å². The summed E-state index contributed by atoms with van der Waals surface area (Å²) in [5, 5.41) is 11.9. The Kier molecular flexibility index (Phi) is 4.85. The minimum atomic E-state index is -1.45. The number of carboxylic acid groups (broad SMARTS) is 1. The van der Waals surface area contributed by atoms with Crippen LogP contribution in [0.3, 0.4) is 0 Å². The van der Waals surface area contributed by atoms with Crippen LogP contribution in [0.2, 0.25) is 0 Å². The van der Waals surface area contributed by atoms with Crippen LogP contribution < -0.4 is 5.32 Å². The molecule has 7 heteroatoms. The van der Waals surface area contributed by atoms with Crippen molar-refractivity contribution in [1.82, 2.24) is 15.3 Å². The van der Waals surface area contributed by atoms with Crippen molar-refractivity contribution in [3.8, 4) is 0 Å². The molecular formula is C15H18FN3O3. The third-order valence-corrected chi connectivity index (χ3v) is 3.65. The van der Waals surface area contributed by atoms with E-state index in [0.29, 0.717) is 0 Å². The number of aromatic nitrogens is 2. The van der Waals surface area contributed by atoms with Crippen molar-refractivity contribution in [3.63, 3.8) is 0 Å². The maximum absolute atomic E-state index is 12.8. The third-order valence-electron chi connectivity index (χ3n) is 3.65. The van der Waals surface area contributed by atoms with E-state index < -0.39 is 23.2 Å². The zero-order chi connectivity index (χ0) is 16.2. The Morgan fingerprint density at radius 2 is 2.05 bits per heavy atom. The van der Waals surface area contributed by atoms with Gasteiger partial charge in [-0.25, -0.2) is 19.2 Å². The highest BCUT2D eigenvalue weighted by molar-refractivity contribution is 5.95. The fraction of sp³-hybridized carbons (Fsp3) is 0.467. The first-order valence-corrected chi connectivity index (χ1v) is 7.12. The van der Waals surface area contributed by atoms with Crippen molar-refractivity contribution in [3.05, 3.63) is 35.7 Å². The number of hydrogen-bond acceptors (Lipinski definition) is 4. The number of halogens is 1. The number of nitrogens with zero attached hydrogens (tertiary/aromatic N) is 2. The average Bonchev–Trinajstić information content (AvgIpc) is 2.48. The van der Waals surface area contributed by atoms with Crippen LogP contribution in [0.15, 0.2) is 24.0 Å². The van der Waals surface area contributed by atoms with E-state index in [4.69, 9.17) is 0 Å². The van der Waals surface area contributed by atoms with E-state index in [1.54, 1.807) is 0 Å². The topological polar surface area (TPSA) is 92.2 Å². The van der Waals surface area contributed by atoms with Crippen LogP contribution in [0, 0.1) is 5.82 Å². The number of rotatable bonds is 5. The molecule has 1 unspecified atom stereocenters. The van der Waals surface area contributed by atoms with E-state index in [1.165, 1.54) is 6.92 Å². The molecule has 2 rings (SSSR count). The molecule has 0 aromatic carbocycles. The molecule has 1 atom stereocenters. The number of carboxylic acids is 1. The summed E-state index contributed by atoms with van der Waals surface area (Å²) in [6.45, 7) is 1.45. The second-order valence-corrected chi connectivity index (χ2v) is 5.60. The molecule has 0 fully saturated rings. The Morgan fingerprint density at radius 1 is 1.36 bits per heavy atom. The van der Waals surface area contributed by atoms with Gasteiger partial charge in [0.25, 0.3) is 5.91 Å². The smallest absolute Gasteiger partial charge is 0.329 e. The second kappa shape index (κ2) is 6.64. The van der Waals surface area contributed by atoms with Crippen LogP contribution in [0.1, 0.15) is 49.6 Å². The Bertz CT molecular complexity index is 601. The van der Waals surface area contributed by atoms with Gasteiger partial charge in [0, 0.05) is 6.42 Å². The number of carbonyl (C=O) groups is 2. The molecule has 1 amide bonds. The van der Waals surface area contributed by atoms with Gasteiger partial charge in [-0.1, -0.05) is 11.6 Å². The van der Waals surface area contributed by atoms with Crippen molar-refractivity contribution < 1.29 is 19.1 Å². The van der Waals surface area contributed by atoms with Crippen LogP contribution in [0.4, 0.5) is 4.39 Å². The highest BCUT2D eigenvalue weighted by Gasteiger charge is 2.36. The van der Waals surface area contributed by atoms with Crippen LogP contribution >= 0.6 is 0 Å². The fourth-order valence-corrected chi connectivity index (χ4v) is 2.43. The van der Waals surface area contributed by atoms with Gasteiger partial charge in [0.2, 0.25) is 5.82 Å². The van der Waals surface area contributed by atoms with E-state index in [-0.39, 0.29) is 12.2 Å². The molecule has 1 aliphatic carbocycles. The molecule has 0 aliphatic heterocycles. The standard InChI is InChI=1S/C15H18FN3O3/c1-15(14(21)22,7-10-5-3-2-4-6-10)19-13(20)12-17-8-11(16)9-18-12/h5,8-9H,2-4,6-7H2,1H3,(H,19,20)(H,21,22). The normalized spacial score (nSPS) is 17.3. The number of aliphatic carboxylic acids is 1. The van der Waals surface area contributed by atoms with Gasteiger partial charge in [-0.15, -0.1) is 0 Å². The first kappa shape index (κ1) is 16.1. The summed E-state index contributed by atoms with van der Waals surface area (Å²) in [6, 6.07) is 0. The van der Waals surface area contributed by atoms with Crippen LogP contribution in [0.5, 0.6) is 0 Å². The quantitative estimate of drug-likeness (QED) is 0.813. The molecule has 1 aromatic heterocycles. The largest absolute Gasteiger partial charge is 0.480 e. The average molecular weight is 307 g/mol. The molecule has 0 saturated carbocycles. The molecule has 1 aromatic rings. The van der Waals surface area contributed by atoms with E-state index in [2.05, 4.69) is 15.3 Å². The Hall–Kier alpha value is -2.31. The second-order valence-electron chi connectivity index (χ2n) is 5.60. The summed E-state index contributed by atoms with van der Waals surface area (Å²) in [5.74, 6) is -2.79. The molecule has 22 heavy (non-hydrogen) atoms. The van der Waals surface area contributed by atoms with Crippen LogP contribution in [-0.4, -0.2) is 32.5 Å². The lowest BCUT2D eigenvalue weighted by Crippen LogP contribution is -2.52. The van der Waals surface area contributed by atoms with Crippen molar-refractivity contribution in [1.29, 1.82) is 0 Å². The van der Waals surface area contributed by atoms with Crippen molar-refractivity contribution >= 4 is 11.9 Å². The van der Waals surface area contributed by atoms with Gasteiger partial charge in [-0.3, -0.25) is 4.79 Å². The molecule has 0 bridgehead atoms. The molecule has 0 spiro atoms. The summed E-state index contributed by atoms with van der Waals surface area (Å²) >= 11 is 0. The lowest BCUT2D eigenvalue weighted by molar-refractivity contribution is -0.143. The minimum absolute atomic E-state index is 0.231. The molecule has 0 saturated heterocycles. The summed E-state index contributed by atoms with van der Waals surface area (Å²) in [5.41, 5.74) is -0.422. The number of carbonyl (C=O) groups excluding carboxylic acids is 1. The van der Waals surface area contributed by atoms with Crippen molar-refractivity contribution in [2.24, 2.45) is 0 Å². The Balaban J connectivity index is 2.13. The van der Waals surface area contributed by atoms with E-state index in [1.807, 2.05) is 6.08 Å². The number of hydrogen-bond donors (Lipinski definition) is 2. The fourth-order valence-electron chi connectivity index (χ4n) is 2.43. The SMILES string of the molecule is CC(CC1=CCCCC1)(NC(=O)c1ncc(F)cn1)C(=O)O. The summed E-state index contributed by atoms with van der Waals surface area (Å²) < 4.78 is 12.8. The van der Waals surface area contributed by atoms with Crippen molar-refractivity contribution in [2.45, 2.75) is 44.6 Å². The Morgan fingerprint density at radius 3 is 2.59 bits per heavy atom. The number of amides is 1.